The number of rotatable bonds is 12. The average Bonchev–Trinajstić information content (AvgIpc) is 2.26. The molecule has 1 N–H and O–H groups in total. The summed E-state index contributed by atoms with van der Waals surface area (Å²) in [6.45, 7) is 7.08. The second-order valence-corrected chi connectivity index (χ2v) is 7.32. The molecular formula is C13H29IN-. The molecular weight excluding hydrogens is 297 g/mol. The maximum atomic E-state index is 3.56. The van der Waals surface area contributed by atoms with Crippen LogP contribution >= 0.6 is 0 Å². The molecule has 0 spiro atoms. The zero-order chi connectivity index (χ0) is 11.2. The molecule has 0 saturated carbocycles. The Kier molecular flexibility index (Phi) is 15.4. The van der Waals surface area contributed by atoms with Gasteiger partial charge in [0.2, 0.25) is 0 Å². The molecule has 0 aliphatic carbocycles. The Morgan fingerprint density at radius 2 is 1.47 bits per heavy atom. The van der Waals surface area contributed by atoms with Gasteiger partial charge >= 0.3 is 107 Å². The Bertz CT molecular complexity index is 94.7. The van der Waals surface area contributed by atoms with Gasteiger partial charge in [-0.25, -0.2) is 0 Å². The summed E-state index contributed by atoms with van der Waals surface area (Å²) in [4.78, 5) is 0. The van der Waals surface area contributed by atoms with Crippen LogP contribution in [0.25, 0.3) is 0 Å². The summed E-state index contributed by atoms with van der Waals surface area (Å²) in [5, 5.41) is 3.56. The number of halogens is 1. The fourth-order valence-electron chi connectivity index (χ4n) is 1.49. The molecule has 0 aromatic carbocycles. The van der Waals surface area contributed by atoms with E-state index in [-0.39, 0.29) is 0 Å². The van der Waals surface area contributed by atoms with Gasteiger partial charge in [-0.2, -0.15) is 0 Å². The normalized spacial score (nSPS) is 11.1. The van der Waals surface area contributed by atoms with Gasteiger partial charge < -0.3 is 0 Å². The van der Waals surface area contributed by atoms with E-state index >= 15 is 0 Å². The van der Waals surface area contributed by atoms with Gasteiger partial charge in [0, 0.05) is 0 Å². The predicted octanol–water partition coefficient (Wildman–Crippen LogP) is 0.436. The van der Waals surface area contributed by atoms with Crippen LogP contribution in [-0.4, -0.2) is 21.9 Å². The molecule has 0 unspecified atom stereocenters. The van der Waals surface area contributed by atoms with Crippen molar-refractivity contribution in [2.24, 2.45) is 0 Å². The second-order valence-electron chi connectivity index (χ2n) is 4.08. The molecule has 0 heterocycles. The molecule has 0 fully saturated rings. The van der Waals surface area contributed by atoms with Crippen LogP contribution in [0.3, 0.4) is 0 Å². The molecule has 0 aromatic rings. The van der Waals surface area contributed by atoms with Crippen LogP contribution in [0.1, 0.15) is 58.8 Å². The van der Waals surface area contributed by atoms with Crippen LogP contribution in [-0.2, 0) is 0 Å². The van der Waals surface area contributed by atoms with Gasteiger partial charge in [0.25, 0.3) is 0 Å². The molecule has 94 valence electrons. The van der Waals surface area contributed by atoms with E-state index in [1.54, 1.807) is 0 Å². The summed E-state index contributed by atoms with van der Waals surface area (Å²) in [6.07, 6.45) is 9.82. The maximum absolute atomic E-state index is 3.56. The standard InChI is InChI=1S/C13H29IN/c1-3-5-6-7-8-12-15-13-9-11-14-10-4-2/h15H,3-13H2,1-2H3/q-1. The van der Waals surface area contributed by atoms with Gasteiger partial charge in [0.15, 0.2) is 0 Å². The van der Waals surface area contributed by atoms with Gasteiger partial charge in [-0.1, -0.05) is 0 Å². The number of nitrogens with one attached hydrogen (secondary N) is 1. The fourth-order valence-corrected chi connectivity index (χ4v) is 3.72. The molecule has 0 amide bonds. The number of unbranched alkanes of at least 4 members (excludes halogenated alkanes) is 4. The Hall–Kier alpha value is 0.690. The first-order valence-corrected chi connectivity index (χ1v) is 9.71. The topological polar surface area (TPSA) is 12.0 Å². The summed E-state index contributed by atoms with van der Waals surface area (Å²) >= 11 is 0.550. The molecule has 0 aromatic heterocycles. The van der Waals surface area contributed by atoms with Gasteiger partial charge in [-0.3, -0.25) is 0 Å². The van der Waals surface area contributed by atoms with Crippen LogP contribution in [0.5, 0.6) is 0 Å². The van der Waals surface area contributed by atoms with E-state index in [1.165, 1.54) is 66.9 Å². The van der Waals surface area contributed by atoms with Crippen molar-refractivity contribution in [3.05, 3.63) is 0 Å². The third kappa shape index (κ3) is 14.7. The Morgan fingerprint density at radius 1 is 0.733 bits per heavy atom. The Labute approximate surface area is 107 Å². The minimum absolute atomic E-state index is 0.550. The zero-order valence-electron chi connectivity index (χ0n) is 10.7. The molecule has 2 heteroatoms. The van der Waals surface area contributed by atoms with Crippen molar-refractivity contribution in [1.29, 1.82) is 0 Å². The van der Waals surface area contributed by atoms with Crippen LogP contribution in [0.4, 0.5) is 0 Å². The minimum atomic E-state index is 0.550. The SMILES string of the molecule is CCCCCCCNCCC[I-]CCC. The van der Waals surface area contributed by atoms with Crippen molar-refractivity contribution < 1.29 is 21.2 Å². The quantitative estimate of drug-likeness (QED) is 0.312. The van der Waals surface area contributed by atoms with E-state index < -0.39 is 0 Å². The molecule has 0 rings (SSSR count). The van der Waals surface area contributed by atoms with Crippen LogP contribution in [0, 0.1) is 0 Å². The first kappa shape index (κ1) is 15.7. The molecule has 0 saturated heterocycles. The number of hydrogen-bond donors (Lipinski definition) is 1. The summed E-state index contributed by atoms with van der Waals surface area (Å²) in [6, 6.07) is 0. The van der Waals surface area contributed by atoms with E-state index in [4.69, 9.17) is 0 Å². The predicted molar refractivity (Wildman–Crippen MR) is 66.3 cm³/mol. The Morgan fingerprint density at radius 3 is 2.20 bits per heavy atom. The molecule has 0 radical (unpaired) electrons. The molecule has 0 bridgehead atoms. The molecule has 15 heavy (non-hydrogen) atoms. The van der Waals surface area contributed by atoms with Gasteiger partial charge in [-0.15, -0.1) is 0 Å². The fraction of sp³-hybridized carbons (Fsp3) is 1.00. The van der Waals surface area contributed by atoms with Gasteiger partial charge in [0.1, 0.15) is 0 Å². The molecule has 0 aliphatic rings. The number of hydrogen-bond acceptors (Lipinski definition) is 1. The van der Waals surface area contributed by atoms with Crippen molar-refractivity contribution in [1.82, 2.24) is 5.32 Å². The molecule has 1 nitrogen and oxygen atoms in total. The summed E-state index contributed by atoms with van der Waals surface area (Å²) < 4.78 is 3.05. The third-order valence-electron chi connectivity index (χ3n) is 2.40. The van der Waals surface area contributed by atoms with Crippen molar-refractivity contribution in [2.75, 3.05) is 21.9 Å². The summed E-state index contributed by atoms with van der Waals surface area (Å²) in [7, 11) is 0. The van der Waals surface area contributed by atoms with Crippen LogP contribution in [0.15, 0.2) is 0 Å². The Balaban J connectivity index is 2.81. The van der Waals surface area contributed by atoms with E-state index in [0.29, 0.717) is 21.2 Å². The zero-order valence-corrected chi connectivity index (χ0v) is 12.8. The summed E-state index contributed by atoms with van der Waals surface area (Å²) in [5.41, 5.74) is 0. The van der Waals surface area contributed by atoms with E-state index in [9.17, 15) is 0 Å². The first-order valence-electron chi connectivity index (χ1n) is 6.66. The average molecular weight is 326 g/mol. The van der Waals surface area contributed by atoms with Crippen LogP contribution in [0.2, 0.25) is 0 Å². The van der Waals surface area contributed by atoms with Crippen molar-refractivity contribution in [3.8, 4) is 0 Å². The summed E-state index contributed by atoms with van der Waals surface area (Å²) in [5.74, 6) is 0. The monoisotopic (exact) mass is 326 g/mol. The van der Waals surface area contributed by atoms with E-state index in [2.05, 4.69) is 19.2 Å². The molecule has 0 aliphatic heterocycles. The molecule has 0 atom stereocenters. The van der Waals surface area contributed by atoms with Crippen molar-refractivity contribution in [3.63, 3.8) is 0 Å². The van der Waals surface area contributed by atoms with E-state index in [1.807, 2.05) is 0 Å². The van der Waals surface area contributed by atoms with Crippen LogP contribution < -0.4 is 26.5 Å². The third-order valence-corrected chi connectivity index (χ3v) is 5.77. The number of alkyl halides is 2. The van der Waals surface area contributed by atoms with Gasteiger partial charge in [0.05, 0.1) is 0 Å². The van der Waals surface area contributed by atoms with Crippen molar-refractivity contribution >= 4 is 0 Å². The van der Waals surface area contributed by atoms with Crippen molar-refractivity contribution in [2.45, 2.75) is 58.8 Å². The van der Waals surface area contributed by atoms with Gasteiger partial charge in [-0.05, 0) is 0 Å². The first-order chi connectivity index (χ1) is 7.41. The van der Waals surface area contributed by atoms with E-state index in [0.717, 1.165) is 0 Å². The second kappa shape index (κ2) is 14.7.